The van der Waals surface area contributed by atoms with Crippen LogP contribution in [0.1, 0.15) is 11.1 Å². The maximum Gasteiger partial charge on any atom is 0.271 e. The van der Waals surface area contributed by atoms with Gasteiger partial charge in [-0.1, -0.05) is 0 Å². The molecule has 3 aromatic rings. The number of hydrogen-bond donors (Lipinski definition) is 3. The molecule has 0 aliphatic rings. The molecule has 0 radical (unpaired) electrons. The summed E-state index contributed by atoms with van der Waals surface area (Å²) in [4.78, 5) is 29.4. The average Bonchev–Trinajstić information content (AvgIpc) is 2.54. The summed E-state index contributed by atoms with van der Waals surface area (Å²) in [6.45, 7) is 2.10. The Labute approximate surface area is 132 Å². The Balaban J connectivity index is 1.95. The number of H-pyrrole nitrogens is 2. The molecule has 0 saturated carbocycles. The number of nitrogens with one attached hydrogen (secondary N) is 3. The first-order chi connectivity index (χ1) is 11.1. The van der Waals surface area contributed by atoms with Crippen LogP contribution in [-0.4, -0.2) is 17.1 Å². The Morgan fingerprint density at radius 1 is 1.13 bits per heavy atom. The lowest BCUT2D eigenvalue weighted by Gasteiger charge is -2.09. The van der Waals surface area contributed by atoms with Crippen LogP contribution in [0.3, 0.4) is 0 Å². The molecular formula is C17H17N3O3. The van der Waals surface area contributed by atoms with Gasteiger partial charge in [0.2, 0.25) is 0 Å². The smallest absolute Gasteiger partial charge is 0.271 e. The zero-order chi connectivity index (χ0) is 16.4. The molecule has 6 heteroatoms. The van der Waals surface area contributed by atoms with E-state index in [9.17, 15) is 9.59 Å². The van der Waals surface area contributed by atoms with Crippen molar-refractivity contribution in [3.8, 4) is 5.75 Å². The van der Waals surface area contributed by atoms with E-state index in [1.165, 1.54) is 0 Å². The summed E-state index contributed by atoms with van der Waals surface area (Å²) in [7, 11) is 1.60. The van der Waals surface area contributed by atoms with Crippen molar-refractivity contribution in [2.24, 2.45) is 0 Å². The molecule has 0 atom stereocenters. The predicted octanol–water partition coefficient (Wildman–Crippen LogP) is 2.15. The van der Waals surface area contributed by atoms with E-state index in [-0.39, 0.29) is 17.7 Å². The molecule has 2 heterocycles. The zero-order valence-corrected chi connectivity index (χ0v) is 12.9. The third kappa shape index (κ3) is 2.96. The molecule has 6 nitrogen and oxygen atoms in total. The maximum atomic E-state index is 12.2. The highest BCUT2D eigenvalue weighted by molar-refractivity contribution is 5.80. The van der Waals surface area contributed by atoms with Crippen LogP contribution >= 0.6 is 0 Å². The van der Waals surface area contributed by atoms with Crippen LogP contribution in [0.15, 0.2) is 46.1 Å². The number of aromatic nitrogens is 2. The van der Waals surface area contributed by atoms with E-state index in [0.29, 0.717) is 11.3 Å². The molecule has 0 unspecified atom stereocenters. The minimum atomic E-state index is -0.205. The van der Waals surface area contributed by atoms with Crippen LogP contribution in [0.25, 0.3) is 10.9 Å². The van der Waals surface area contributed by atoms with Gasteiger partial charge in [0.25, 0.3) is 11.1 Å². The van der Waals surface area contributed by atoms with E-state index in [2.05, 4.69) is 15.3 Å². The first-order valence-electron chi connectivity index (χ1n) is 7.20. The number of hydrogen-bond acceptors (Lipinski definition) is 4. The lowest BCUT2D eigenvalue weighted by atomic mass is 10.1. The molecule has 0 spiro atoms. The number of fused-ring (bicyclic) bond motifs is 1. The Kier molecular flexibility index (Phi) is 3.89. The second-order valence-corrected chi connectivity index (χ2v) is 5.30. The molecular weight excluding hydrogens is 294 g/mol. The minimum absolute atomic E-state index is 0.180. The SMILES string of the molecule is COc1ccc2[nH]c(=O)c(CNc3c(C)cc[nH]c3=O)cc2c1. The van der Waals surface area contributed by atoms with Crippen LogP contribution in [0.4, 0.5) is 5.69 Å². The lowest BCUT2D eigenvalue weighted by molar-refractivity contribution is 0.415. The molecule has 0 aliphatic carbocycles. The van der Waals surface area contributed by atoms with E-state index in [1.807, 2.05) is 13.0 Å². The summed E-state index contributed by atoms with van der Waals surface area (Å²) in [5.41, 5.74) is 2.20. The van der Waals surface area contributed by atoms with Crippen LogP contribution in [0.2, 0.25) is 0 Å². The second-order valence-electron chi connectivity index (χ2n) is 5.30. The average molecular weight is 311 g/mol. The van der Waals surface area contributed by atoms with Crippen molar-refractivity contribution in [1.82, 2.24) is 9.97 Å². The normalized spacial score (nSPS) is 10.7. The highest BCUT2D eigenvalue weighted by Gasteiger charge is 2.07. The van der Waals surface area contributed by atoms with Crippen molar-refractivity contribution < 1.29 is 4.74 Å². The maximum absolute atomic E-state index is 12.2. The van der Waals surface area contributed by atoms with E-state index in [1.54, 1.807) is 37.6 Å². The van der Waals surface area contributed by atoms with Crippen molar-refractivity contribution in [2.75, 3.05) is 12.4 Å². The summed E-state index contributed by atoms with van der Waals surface area (Å²) < 4.78 is 5.20. The summed E-state index contributed by atoms with van der Waals surface area (Å²) >= 11 is 0. The first-order valence-corrected chi connectivity index (χ1v) is 7.20. The Bertz CT molecular complexity index is 973. The molecule has 23 heavy (non-hydrogen) atoms. The third-order valence-corrected chi connectivity index (χ3v) is 3.75. The first kappa shape index (κ1) is 14.9. The van der Waals surface area contributed by atoms with E-state index in [4.69, 9.17) is 4.74 Å². The van der Waals surface area contributed by atoms with Gasteiger partial charge < -0.3 is 20.0 Å². The molecule has 0 bridgehead atoms. The van der Waals surface area contributed by atoms with Crippen molar-refractivity contribution in [2.45, 2.75) is 13.5 Å². The molecule has 0 saturated heterocycles. The largest absolute Gasteiger partial charge is 0.497 e. The lowest BCUT2D eigenvalue weighted by Crippen LogP contribution is -2.19. The van der Waals surface area contributed by atoms with Gasteiger partial charge in [-0.2, -0.15) is 0 Å². The molecule has 1 aromatic carbocycles. The van der Waals surface area contributed by atoms with Gasteiger partial charge in [-0.15, -0.1) is 0 Å². The van der Waals surface area contributed by atoms with Gasteiger partial charge in [-0.3, -0.25) is 9.59 Å². The molecule has 3 rings (SSSR count). The number of pyridine rings is 2. The van der Waals surface area contributed by atoms with E-state index in [0.717, 1.165) is 22.2 Å². The highest BCUT2D eigenvalue weighted by Crippen LogP contribution is 2.19. The zero-order valence-electron chi connectivity index (χ0n) is 12.9. The minimum Gasteiger partial charge on any atom is -0.497 e. The number of benzene rings is 1. The quantitative estimate of drug-likeness (QED) is 0.689. The molecule has 0 fully saturated rings. The van der Waals surface area contributed by atoms with E-state index >= 15 is 0 Å². The fourth-order valence-corrected chi connectivity index (χ4v) is 2.47. The molecule has 2 aromatic heterocycles. The monoisotopic (exact) mass is 311 g/mol. The number of anilines is 1. The van der Waals surface area contributed by atoms with Gasteiger partial charge in [0.15, 0.2) is 0 Å². The van der Waals surface area contributed by atoms with Crippen molar-refractivity contribution >= 4 is 16.6 Å². The second kappa shape index (κ2) is 6.00. The fraction of sp³-hybridized carbons (Fsp3) is 0.176. The van der Waals surface area contributed by atoms with Crippen LogP contribution in [-0.2, 0) is 6.54 Å². The van der Waals surface area contributed by atoms with E-state index < -0.39 is 0 Å². The number of aromatic amines is 2. The molecule has 3 N–H and O–H groups in total. The van der Waals surface area contributed by atoms with Gasteiger partial charge in [0, 0.05) is 29.2 Å². The number of methoxy groups -OCH3 is 1. The summed E-state index contributed by atoms with van der Waals surface area (Å²) in [6, 6.07) is 9.06. The molecule has 118 valence electrons. The highest BCUT2D eigenvalue weighted by atomic mass is 16.5. The van der Waals surface area contributed by atoms with Crippen LogP contribution in [0, 0.1) is 6.92 Å². The third-order valence-electron chi connectivity index (χ3n) is 3.75. The Hall–Kier alpha value is -3.02. The number of ether oxygens (including phenoxy) is 1. The predicted molar refractivity (Wildman–Crippen MR) is 90.2 cm³/mol. The van der Waals surface area contributed by atoms with Gasteiger partial charge in [-0.25, -0.2) is 0 Å². The van der Waals surface area contributed by atoms with Gasteiger partial charge in [0.1, 0.15) is 11.4 Å². The Morgan fingerprint density at radius 2 is 1.96 bits per heavy atom. The molecule has 0 aliphatic heterocycles. The van der Waals surface area contributed by atoms with Gasteiger partial charge in [-0.05, 0) is 42.8 Å². The standard InChI is InChI=1S/C17H17N3O3/c1-10-5-6-18-17(22)15(10)19-9-12-7-11-8-13(23-2)3-4-14(11)20-16(12)21/h3-8,19H,9H2,1-2H3,(H,18,22)(H,20,21). The van der Waals surface area contributed by atoms with Crippen LogP contribution < -0.4 is 21.2 Å². The van der Waals surface area contributed by atoms with Crippen molar-refractivity contribution in [3.63, 3.8) is 0 Å². The van der Waals surface area contributed by atoms with Crippen molar-refractivity contribution in [1.29, 1.82) is 0 Å². The van der Waals surface area contributed by atoms with Crippen molar-refractivity contribution in [3.05, 3.63) is 68.4 Å². The summed E-state index contributed by atoms with van der Waals surface area (Å²) in [5.74, 6) is 0.721. The Morgan fingerprint density at radius 3 is 2.70 bits per heavy atom. The fourth-order valence-electron chi connectivity index (χ4n) is 2.47. The topological polar surface area (TPSA) is 87.0 Å². The number of rotatable bonds is 4. The number of aryl methyl sites for hydroxylation is 1. The van der Waals surface area contributed by atoms with Crippen LogP contribution in [0.5, 0.6) is 5.75 Å². The summed E-state index contributed by atoms with van der Waals surface area (Å²) in [5, 5.41) is 3.91. The van der Waals surface area contributed by atoms with Gasteiger partial charge >= 0.3 is 0 Å². The van der Waals surface area contributed by atoms with Gasteiger partial charge in [0.05, 0.1) is 7.11 Å². The molecule has 0 amide bonds. The summed E-state index contributed by atoms with van der Waals surface area (Å²) in [6.07, 6.45) is 1.60.